The molecule has 2 aromatic carbocycles. The molecule has 0 saturated carbocycles. The number of benzene rings is 2. The minimum absolute atomic E-state index is 0.264. The Bertz CT molecular complexity index is 1800. The lowest BCUT2D eigenvalue weighted by molar-refractivity contribution is 0.328. The largest absolute Gasteiger partial charge is 0.339 e. The van der Waals surface area contributed by atoms with Crippen LogP contribution < -0.4 is 10.9 Å². The normalized spacial score (nSPS) is 14.5. The Morgan fingerprint density at radius 2 is 1.86 bits per heavy atom. The van der Waals surface area contributed by atoms with Gasteiger partial charge in [0.15, 0.2) is 9.84 Å². The molecule has 0 atom stereocenters. The number of rotatable bonds is 6. The zero-order valence-corrected chi connectivity index (χ0v) is 21.1. The van der Waals surface area contributed by atoms with Crippen molar-refractivity contribution in [2.45, 2.75) is 24.3 Å². The second-order valence-electron chi connectivity index (χ2n) is 9.50. The molecule has 0 amide bonds. The number of hydrogen-bond acceptors (Lipinski definition) is 7. The average molecular weight is 515 g/mol. The third-order valence-electron chi connectivity index (χ3n) is 6.81. The van der Waals surface area contributed by atoms with Crippen molar-refractivity contribution in [3.63, 3.8) is 0 Å². The zero-order valence-electron chi connectivity index (χ0n) is 20.3. The fourth-order valence-electron chi connectivity index (χ4n) is 4.98. The summed E-state index contributed by atoms with van der Waals surface area (Å²) >= 11 is 0. The molecule has 1 fully saturated rings. The van der Waals surface area contributed by atoms with E-state index in [0.717, 1.165) is 48.1 Å². The van der Waals surface area contributed by atoms with Crippen molar-refractivity contribution in [1.29, 1.82) is 0 Å². The number of pyridine rings is 2. The summed E-state index contributed by atoms with van der Waals surface area (Å²) in [5.74, 6) is 0.385. The summed E-state index contributed by atoms with van der Waals surface area (Å²) in [6.07, 6.45) is 6.84. The second kappa shape index (κ2) is 9.13. The lowest BCUT2D eigenvalue weighted by Crippen LogP contribution is -2.20. The van der Waals surface area contributed by atoms with Gasteiger partial charge < -0.3 is 10.3 Å². The molecule has 4 heterocycles. The van der Waals surface area contributed by atoms with E-state index in [1.165, 1.54) is 6.26 Å². The van der Waals surface area contributed by atoms with Gasteiger partial charge in [0.1, 0.15) is 5.82 Å². The summed E-state index contributed by atoms with van der Waals surface area (Å²) in [5.41, 5.74) is 3.35. The van der Waals surface area contributed by atoms with Gasteiger partial charge in [0, 0.05) is 35.6 Å². The summed E-state index contributed by atoms with van der Waals surface area (Å²) in [4.78, 5) is 22.9. The van der Waals surface area contributed by atoms with Crippen molar-refractivity contribution in [1.82, 2.24) is 25.1 Å². The van der Waals surface area contributed by atoms with E-state index in [4.69, 9.17) is 4.98 Å². The summed E-state index contributed by atoms with van der Waals surface area (Å²) in [6, 6.07) is 14.8. The first-order valence-electron chi connectivity index (χ1n) is 12.1. The quantitative estimate of drug-likeness (QED) is 0.310. The highest BCUT2D eigenvalue weighted by Crippen LogP contribution is 2.31. The van der Waals surface area contributed by atoms with Gasteiger partial charge in [0.2, 0.25) is 0 Å². The average Bonchev–Trinajstić information content (AvgIpc) is 3.55. The minimum Gasteiger partial charge on any atom is -0.339 e. The Labute approximate surface area is 213 Å². The molecule has 0 spiro atoms. The van der Waals surface area contributed by atoms with Crippen LogP contribution in [0.15, 0.2) is 70.6 Å². The van der Waals surface area contributed by atoms with Crippen LogP contribution >= 0.6 is 0 Å². The van der Waals surface area contributed by atoms with Crippen molar-refractivity contribution in [2.75, 3.05) is 24.7 Å². The van der Waals surface area contributed by atoms with E-state index < -0.39 is 9.84 Å². The first kappa shape index (κ1) is 23.4. The number of H-pyrrole nitrogens is 2. The third kappa shape index (κ3) is 4.61. The SMILES string of the molecule is CS(=O)(=O)c1cc(-c2cc3cc[nH]c(=O)c3c(Nc3ccc4cn[nH]c4c3)n2)ccc1CN1CCCC1. The number of likely N-dealkylation sites (tertiary alicyclic amines) is 1. The van der Waals surface area contributed by atoms with Gasteiger partial charge in [-0.05, 0) is 73.3 Å². The molecule has 6 rings (SSSR count). The van der Waals surface area contributed by atoms with Gasteiger partial charge in [-0.15, -0.1) is 0 Å². The van der Waals surface area contributed by atoms with Gasteiger partial charge in [0.25, 0.3) is 5.56 Å². The van der Waals surface area contributed by atoms with E-state index in [9.17, 15) is 13.2 Å². The number of anilines is 2. The second-order valence-corrected chi connectivity index (χ2v) is 11.5. The molecule has 0 bridgehead atoms. The lowest BCUT2D eigenvalue weighted by Gasteiger charge is -2.18. The van der Waals surface area contributed by atoms with Crippen molar-refractivity contribution in [3.05, 3.63) is 76.8 Å². The molecule has 1 aliphatic rings. The molecule has 10 heteroatoms. The monoisotopic (exact) mass is 514 g/mol. The van der Waals surface area contributed by atoms with Gasteiger partial charge in [-0.3, -0.25) is 14.8 Å². The number of sulfone groups is 1. The molecule has 0 radical (unpaired) electrons. The van der Waals surface area contributed by atoms with Crippen LogP contribution in [0.2, 0.25) is 0 Å². The van der Waals surface area contributed by atoms with Crippen LogP contribution in [0.25, 0.3) is 32.9 Å². The zero-order chi connectivity index (χ0) is 25.6. The molecular formula is C27H26N6O3S. The van der Waals surface area contributed by atoms with E-state index in [2.05, 4.69) is 25.4 Å². The third-order valence-corrected chi connectivity index (χ3v) is 7.99. The summed E-state index contributed by atoms with van der Waals surface area (Å²) < 4.78 is 25.5. The van der Waals surface area contributed by atoms with Crippen LogP contribution in [0.5, 0.6) is 0 Å². The van der Waals surface area contributed by atoms with Crippen molar-refractivity contribution in [3.8, 4) is 11.3 Å². The highest BCUT2D eigenvalue weighted by atomic mass is 32.2. The molecule has 3 aromatic heterocycles. The maximum absolute atomic E-state index is 12.8. The van der Waals surface area contributed by atoms with Crippen molar-refractivity contribution in [2.24, 2.45) is 0 Å². The van der Waals surface area contributed by atoms with Crippen molar-refractivity contribution < 1.29 is 8.42 Å². The summed E-state index contributed by atoms with van der Waals surface area (Å²) in [7, 11) is -3.46. The number of aromatic nitrogens is 4. The summed E-state index contributed by atoms with van der Waals surface area (Å²) in [6.45, 7) is 2.56. The Balaban J connectivity index is 1.46. The van der Waals surface area contributed by atoms with E-state index >= 15 is 0 Å². The van der Waals surface area contributed by atoms with E-state index in [1.807, 2.05) is 42.5 Å². The highest BCUT2D eigenvalue weighted by Gasteiger charge is 2.20. The predicted octanol–water partition coefficient (Wildman–Crippen LogP) is 4.21. The fraction of sp³-hybridized carbons (Fsp3) is 0.222. The maximum atomic E-state index is 12.8. The molecule has 188 valence electrons. The van der Waals surface area contributed by atoms with Crippen LogP contribution in [0.1, 0.15) is 18.4 Å². The van der Waals surface area contributed by atoms with Gasteiger partial charge in [-0.1, -0.05) is 12.1 Å². The Morgan fingerprint density at radius 1 is 1.03 bits per heavy atom. The minimum atomic E-state index is -3.46. The van der Waals surface area contributed by atoms with Crippen LogP contribution in [0, 0.1) is 0 Å². The van der Waals surface area contributed by atoms with E-state index in [-0.39, 0.29) is 5.56 Å². The van der Waals surface area contributed by atoms with Crippen LogP contribution in [0.3, 0.4) is 0 Å². The molecule has 37 heavy (non-hydrogen) atoms. The van der Waals surface area contributed by atoms with E-state index in [1.54, 1.807) is 18.5 Å². The van der Waals surface area contributed by atoms with Gasteiger partial charge in [-0.2, -0.15) is 5.10 Å². The smallest absolute Gasteiger partial charge is 0.259 e. The maximum Gasteiger partial charge on any atom is 0.259 e. The Hall–Kier alpha value is -4.02. The standard InChI is InChI=1S/C27H26N6O3S/c1-37(35,36)24-13-17(4-5-20(24)16-33-10-2-3-11-33)22-12-18-8-9-28-27(34)25(18)26(31-22)30-21-7-6-19-15-29-32-23(19)14-21/h4-9,12-15H,2-3,10-11,16H2,1H3,(H,28,34)(H,29,32)(H,30,31). The molecule has 5 aromatic rings. The number of hydrogen-bond donors (Lipinski definition) is 3. The number of nitrogens with zero attached hydrogens (tertiary/aromatic N) is 3. The molecule has 0 unspecified atom stereocenters. The Kier molecular flexibility index (Phi) is 5.77. The first-order valence-corrected chi connectivity index (χ1v) is 14.0. The molecular weight excluding hydrogens is 488 g/mol. The first-order chi connectivity index (χ1) is 17.8. The van der Waals surface area contributed by atoms with Crippen LogP contribution in [0.4, 0.5) is 11.5 Å². The Morgan fingerprint density at radius 3 is 2.68 bits per heavy atom. The van der Waals surface area contributed by atoms with Crippen LogP contribution in [-0.4, -0.2) is 52.8 Å². The molecule has 1 saturated heterocycles. The molecule has 0 aliphatic carbocycles. The number of nitrogens with one attached hydrogen (secondary N) is 3. The topological polar surface area (TPSA) is 124 Å². The van der Waals surface area contributed by atoms with Crippen molar-refractivity contribution >= 4 is 43.0 Å². The number of aromatic amines is 2. The predicted molar refractivity (Wildman–Crippen MR) is 145 cm³/mol. The van der Waals surface area contributed by atoms with Crippen LogP contribution in [-0.2, 0) is 16.4 Å². The summed E-state index contributed by atoms with van der Waals surface area (Å²) in [5, 5.41) is 12.4. The van der Waals surface area contributed by atoms with Gasteiger partial charge >= 0.3 is 0 Å². The van der Waals surface area contributed by atoms with E-state index in [0.29, 0.717) is 39.3 Å². The van der Waals surface area contributed by atoms with Gasteiger partial charge in [-0.25, -0.2) is 13.4 Å². The number of fused-ring (bicyclic) bond motifs is 2. The molecule has 9 nitrogen and oxygen atoms in total. The lowest BCUT2D eigenvalue weighted by atomic mass is 10.1. The molecule has 3 N–H and O–H groups in total. The fourth-order valence-corrected chi connectivity index (χ4v) is 5.93. The van der Waals surface area contributed by atoms with Gasteiger partial charge in [0.05, 0.1) is 27.7 Å². The molecule has 1 aliphatic heterocycles. The highest BCUT2D eigenvalue weighted by molar-refractivity contribution is 7.90.